The Labute approximate surface area is 267 Å². The number of imide groups is 2. The van der Waals surface area contributed by atoms with Gasteiger partial charge in [0, 0.05) is 31.8 Å². The number of benzene rings is 2. The van der Waals surface area contributed by atoms with Crippen molar-refractivity contribution >= 4 is 37.5 Å². The van der Waals surface area contributed by atoms with Crippen molar-refractivity contribution in [1.82, 2.24) is 20.0 Å². The third-order valence-electron chi connectivity index (χ3n) is 7.59. The topological polar surface area (TPSA) is 161 Å². The summed E-state index contributed by atoms with van der Waals surface area (Å²) in [5.41, 5.74) is 0.327. The van der Waals surface area contributed by atoms with Gasteiger partial charge in [-0.25, -0.2) is 24.0 Å². The predicted molar refractivity (Wildman–Crippen MR) is 166 cm³/mol. The molecule has 0 aromatic heterocycles. The SMILES string of the molecule is CCOC(=O)N(C)C(=O)c1ccc(OP(=O)(Oc2ccc(C(=O)N(C)C(=O)OCC)cc2)C2CCCN2C(=O)[C@@H]2CCCN2)cc1. The first-order valence-corrected chi connectivity index (χ1v) is 16.7. The molecule has 2 aliphatic heterocycles. The predicted octanol–water partition coefficient (Wildman–Crippen LogP) is 4.50. The van der Waals surface area contributed by atoms with Crippen LogP contribution in [-0.4, -0.2) is 96.8 Å². The van der Waals surface area contributed by atoms with Gasteiger partial charge >= 0.3 is 19.8 Å². The molecule has 0 spiro atoms. The molecule has 2 aliphatic rings. The molecule has 0 saturated carbocycles. The quantitative estimate of drug-likeness (QED) is 0.358. The first kappa shape index (κ1) is 34.5. The molecule has 4 rings (SSSR count). The van der Waals surface area contributed by atoms with Crippen LogP contribution in [0.5, 0.6) is 11.5 Å². The maximum atomic E-state index is 14.7. The number of hydrogen-bond donors (Lipinski definition) is 1. The van der Waals surface area contributed by atoms with Gasteiger partial charge in [0.2, 0.25) is 5.91 Å². The lowest BCUT2D eigenvalue weighted by molar-refractivity contribution is -0.132. The summed E-state index contributed by atoms with van der Waals surface area (Å²) >= 11 is 0. The van der Waals surface area contributed by atoms with E-state index in [1.807, 2.05) is 0 Å². The summed E-state index contributed by atoms with van der Waals surface area (Å²) < 4.78 is 36.6. The van der Waals surface area contributed by atoms with Gasteiger partial charge in [0.15, 0.2) is 5.78 Å². The second kappa shape index (κ2) is 15.2. The van der Waals surface area contributed by atoms with E-state index >= 15 is 0 Å². The first-order valence-electron chi connectivity index (χ1n) is 15.1. The Kier molecular flexibility index (Phi) is 11.4. The molecule has 14 nitrogen and oxygen atoms in total. The number of carbonyl (C=O) groups is 5. The van der Waals surface area contributed by atoms with Crippen LogP contribution in [0.15, 0.2) is 48.5 Å². The number of rotatable bonds is 10. The van der Waals surface area contributed by atoms with Gasteiger partial charge in [-0.2, -0.15) is 0 Å². The zero-order valence-corrected chi connectivity index (χ0v) is 27.2. The average molecular weight is 659 g/mol. The van der Waals surface area contributed by atoms with Crippen LogP contribution in [0.3, 0.4) is 0 Å². The van der Waals surface area contributed by atoms with Gasteiger partial charge < -0.3 is 28.7 Å². The largest absolute Gasteiger partial charge is 0.453 e. The van der Waals surface area contributed by atoms with Gasteiger partial charge in [-0.3, -0.25) is 14.4 Å². The molecule has 2 saturated heterocycles. The summed E-state index contributed by atoms with van der Waals surface area (Å²) in [6.45, 7) is 4.57. The highest BCUT2D eigenvalue weighted by Gasteiger charge is 2.49. The molecule has 1 unspecified atom stereocenters. The molecule has 2 aromatic carbocycles. The summed E-state index contributed by atoms with van der Waals surface area (Å²) in [4.78, 5) is 66.1. The van der Waals surface area contributed by atoms with E-state index in [0.717, 1.165) is 16.2 Å². The van der Waals surface area contributed by atoms with E-state index in [9.17, 15) is 28.5 Å². The van der Waals surface area contributed by atoms with Gasteiger partial charge in [-0.1, -0.05) is 0 Å². The molecule has 0 aliphatic carbocycles. The van der Waals surface area contributed by atoms with Gasteiger partial charge in [0.1, 0.15) is 11.5 Å². The van der Waals surface area contributed by atoms with Crippen molar-refractivity contribution in [2.75, 3.05) is 40.4 Å². The van der Waals surface area contributed by atoms with E-state index in [-0.39, 0.29) is 41.7 Å². The Morgan fingerprint density at radius 2 is 1.26 bits per heavy atom. The van der Waals surface area contributed by atoms with Crippen LogP contribution in [0.1, 0.15) is 60.2 Å². The fourth-order valence-electron chi connectivity index (χ4n) is 5.18. The summed E-state index contributed by atoms with van der Waals surface area (Å²) in [5, 5.41) is 3.19. The highest BCUT2D eigenvalue weighted by molar-refractivity contribution is 7.55. The highest BCUT2D eigenvalue weighted by atomic mass is 31.2. The number of ether oxygens (including phenoxy) is 2. The minimum atomic E-state index is -4.19. The van der Waals surface area contributed by atoms with Crippen molar-refractivity contribution < 1.29 is 47.1 Å². The van der Waals surface area contributed by atoms with E-state index in [1.54, 1.807) is 18.7 Å². The van der Waals surface area contributed by atoms with E-state index in [4.69, 9.17) is 18.5 Å². The third kappa shape index (κ3) is 7.86. The molecule has 2 atom stereocenters. The Morgan fingerprint density at radius 1 is 0.783 bits per heavy atom. The Hall–Kier alpha value is -4.42. The van der Waals surface area contributed by atoms with E-state index < -0.39 is 43.4 Å². The lowest BCUT2D eigenvalue weighted by atomic mass is 10.2. The molecule has 46 heavy (non-hydrogen) atoms. The normalized spacial score (nSPS) is 17.6. The van der Waals surface area contributed by atoms with E-state index in [1.165, 1.54) is 62.6 Å². The molecular weight excluding hydrogens is 619 g/mol. The fraction of sp³-hybridized carbons (Fsp3) is 0.452. The van der Waals surface area contributed by atoms with E-state index in [2.05, 4.69) is 5.32 Å². The number of nitrogens with one attached hydrogen (secondary N) is 1. The summed E-state index contributed by atoms with van der Waals surface area (Å²) in [6.07, 6.45) is 0.868. The molecule has 248 valence electrons. The number of carbonyl (C=O) groups excluding carboxylic acids is 5. The lowest BCUT2D eigenvalue weighted by Gasteiger charge is -2.32. The molecule has 1 N–H and O–H groups in total. The summed E-state index contributed by atoms with van der Waals surface area (Å²) in [7, 11) is -1.59. The van der Waals surface area contributed by atoms with Crippen molar-refractivity contribution in [3.05, 3.63) is 59.7 Å². The lowest BCUT2D eigenvalue weighted by Crippen LogP contribution is -2.46. The summed E-state index contributed by atoms with van der Waals surface area (Å²) in [5.74, 6) is -2.08. The zero-order valence-electron chi connectivity index (χ0n) is 26.3. The van der Waals surface area contributed by atoms with Crippen molar-refractivity contribution in [2.45, 2.75) is 51.4 Å². The second-order valence-electron chi connectivity index (χ2n) is 10.7. The van der Waals surface area contributed by atoms with Gasteiger partial charge in [0.05, 0.1) is 19.3 Å². The van der Waals surface area contributed by atoms with Crippen LogP contribution in [0.25, 0.3) is 0 Å². The minimum absolute atomic E-state index is 0.111. The fourth-order valence-corrected chi connectivity index (χ4v) is 7.36. The van der Waals surface area contributed by atoms with Crippen molar-refractivity contribution in [1.29, 1.82) is 0 Å². The number of nitrogens with zero attached hydrogens (tertiary/aromatic N) is 3. The van der Waals surface area contributed by atoms with Crippen LogP contribution in [0.2, 0.25) is 0 Å². The van der Waals surface area contributed by atoms with Crippen LogP contribution < -0.4 is 14.4 Å². The first-order chi connectivity index (χ1) is 22.0. The minimum Gasteiger partial charge on any atom is -0.449 e. The van der Waals surface area contributed by atoms with Crippen molar-refractivity contribution in [3.63, 3.8) is 0 Å². The number of amides is 5. The second-order valence-corrected chi connectivity index (χ2v) is 12.7. The van der Waals surface area contributed by atoms with Crippen molar-refractivity contribution in [2.24, 2.45) is 0 Å². The number of likely N-dealkylation sites (tertiary alicyclic amines) is 1. The molecule has 2 aromatic rings. The molecule has 2 fully saturated rings. The van der Waals surface area contributed by atoms with E-state index in [0.29, 0.717) is 32.4 Å². The molecular formula is C31H39N4O10P. The smallest absolute Gasteiger partial charge is 0.449 e. The molecule has 5 amide bonds. The van der Waals surface area contributed by atoms with Crippen LogP contribution in [0, 0.1) is 0 Å². The Morgan fingerprint density at radius 3 is 1.67 bits per heavy atom. The van der Waals surface area contributed by atoms with Gasteiger partial charge in [-0.05, 0) is 94.6 Å². The van der Waals surface area contributed by atoms with Crippen LogP contribution in [-0.2, 0) is 18.8 Å². The molecule has 0 radical (unpaired) electrons. The average Bonchev–Trinajstić information content (AvgIpc) is 3.78. The molecule has 15 heteroatoms. The van der Waals surface area contributed by atoms with Crippen LogP contribution in [0.4, 0.5) is 9.59 Å². The standard InChI is InChI=1S/C31H39N4O10P/c1-5-42-30(39)33(3)27(36)21-11-15-23(16-12-21)44-46(41,26-10-8-20-35(26)29(38)25-9-7-19-32-25)45-24-17-13-22(14-18-24)28(37)34(4)31(40)43-6-2/h11-18,25-26,32H,5-10,19-20H2,1-4H3/t25-,26?/m0/s1. The Balaban J connectivity index is 1.59. The maximum Gasteiger partial charge on any atom is 0.453 e. The Bertz CT molecular complexity index is 1390. The van der Waals surface area contributed by atoms with Crippen molar-refractivity contribution in [3.8, 4) is 11.5 Å². The molecule has 0 bridgehead atoms. The summed E-state index contributed by atoms with van der Waals surface area (Å²) in [6, 6.07) is 11.0. The molecule has 2 heterocycles. The number of hydrogen-bond acceptors (Lipinski definition) is 11. The zero-order chi connectivity index (χ0) is 33.4. The monoisotopic (exact) mass is 658 g/mol. The van der Waals surface area contributed by atoms with Gasteiger partial charge in [0.25, 0.3) is 11.8 Å². The van der Waals surface area contributed by atoms with Crippen LogP contribution >= 0.6 is 7.60 Å². The third-order valence-corrected chi connectivity index (χ3v) is 9.79. The highest BCUT2D eigenvalue weighted by Crippen LogP contribution is 2.57. The van der Waals surface area contributed by atoms with Gasteiger partial charge in [-0.15, -0.1) is 0 Å². The maximum absolute atomic E-state index is 14.7.